The summed E-state index contributed by atoms with van der Waals surface area (Å²) in [5.41, 5.74) is 5.19. The van der Waals surface area contributed by atoms with Crippen LogP contribution in [0.4, 0.5) is 0 Å². The van der Waals surface area contributed by atoms with Crippen molar-refractivity contribution in [2.75, 3.05) is 13.2 Å². The van der Waals surface area contributed by atoms with Crippen LogP contribution in [0.3, 0.4) is 0 Å². The van der Waals surface area contributed by atoms with Crippen LogP contribution in [0.2, 0.25) is 0 Å². The van der Waals surface area contributed by atoms with Crippen molar-refractivity contribution in [2.24, 2.45) is 5.73 Å². The molecular formula is C6H12NP. The first-order valence-corrected chi connectivity index (χ1v) is 4.18. The van der Waals surface area contributed by atoms with Gasteiger partial charge in [0.15, 0.2) is 0 Å². The van der Waals surface area contributed by atoms with E-state index in [0.29, 0.717) is 6.54 Å². The second-order valence-corrected chi connectivity index (χ2v) is 2.22. The average molecular weight is 129 g/mol. The minimum absolute atomic E-state index is 0.636. The Morgan fingerprint density at radius 3 is 2.75 bits per heavy atom. The summed E-state index contributed by atoms with van der Waals surface area (Å²) < 4.78 is 0. The van der Waals surface area contributed by atoms with Gasteiger partial charge in [-0.1, -0.05) is 24.0 Å². The minimum Gasteiger partial charge on any atom is -0.327 e. The van der Waals surface area contributed by atoms with E-state index in [4.69, 9.17) is 5.73 Å². The van der Waals surface area contributed by atoms with Crippen molar-refractivity contribution in [1.82, 2.24) is 0 Å². The van der Waals surface area contributed by atoms with Crippen LogP contribution in [0.15, 0.2) is 24.0 Å². The predicted molar refractivity (Wildman–Crippen MR) is 41.6 cm³/mol. The number of hydrogen-bond donors (Lipinski definition) is 1. The van der Waals surface area contributed by atoms with Crippen LogP contribution < -0.4 is 5.73 Å². The quantitative estimate of drug-likeness (QED) is 0.451. The molecule has 0 fully saturated rings. The molecule has 1 unspecified atom stereocenters. The highest BCUT2D eigenvalue weighted by Crippen LogP contribution is 2.01. The molecule has 2 heteroatoms. The van der Waals surface area contributed by atoms with Gasteiger partial charge in [-0.2, -0.15) is 0 Å². The zero-order chi connectivity index (χ0) is 6.24. The smallest absolute Gasteiger partial charge is 0.0109 e. The van der Waals surface area contributed by atoms with E-state index in [-0.39, 0.29) is 0 Å². The molecule has 0 radical (unpaired) electrons. The van der Waals surface area contributed by atoms with Crippen LogP contribution in [0.1, 0.15) is 0 Å². The third-order valence-corrected chi connectivity index (χ3v) is 1.17. The molecule has 0 aromatic heterocycles. The lowest BCUT2D eigenvalue weighted by molar-refractivity contribution is 1.25. The Hall–Kier alpha value is -0.130. The SMILES string of the molecule is CP/C=C\C=C/CN. The largest absolute Gasteiger partial charge is 0.327 e. The summed E-state index contributed by atoms with van der Waals surface area (Å²) in [4.78, 5) is 0. The van der Waals surface area contributed by atoms with E-state index < -0.39 is 0 Å². The summed E-state index contributed by atoms with van der Waals surface area (Å²) in [6, 6.07) is 0. The topological polar surface area (TPSA) is 26.0 Å². The van der Waals surface area contributed by atoms with E-state index in [0.717, 1.165) is 8.58 Å². The van der Waals surface area contributed by atoms with Gasteiger partial charge in [-0.3, -0.25) is 0 Å². The summed E-state index contributed by atoms with van der Waals surface area (Å²) in [6.07, 6.45) is 5.92. The molecule has 0 bridgehead atoms. The van der Waals surface area contributed by atoms with Crippen LogP contribution >= 0.6 is 8.58 Å². The molecule has 1 nitrogen and oxygen atoms in total. The molecule has 2 N–H and O–H groups in total. The first-order chi connectivity index (χ1) is 3.91. The van der Waals surface area contributed by atoms with E-state index in [1.54, 1.807) is 0 Å². The van der Waals surface area contributed by atoms with Gasteiger partial charge in [0.25, 0.3) is 0 Å². The number of allylic oxidation sites excluding steroid dienone is 2. The lowest BCUT2D eigenvalue weighted by Crippen LogP contribution is -1.91. The molecule has 0 heterocycles. The highest BCUT2D eigenvalue weighted by Gasteiger charge is 1.61. The Morgan fingerprint density at radius 1 is 1.50 bits per heavy atom. The number of rotatable bonds is 3. The van der Waals surface area contributed by atoms with E-state index in [9.17, 15) is 0 Å². The van der Waals surface area contributed by atoms with Gasteiger partial charge in [0, 0.05) is 6.54 Å². The predicted octanol–water partition coefficient (Wildman–Crippen LogP) is 1.32. The highest BCUT2D eigenvalue weighted by molar-refractivity contribution is 7.40. The third kappa shape index (κ3) is 5.87. The molecule has 0 aromatic rings. The lowest BCUT2D eigenvalue weighted by atomic mass is 10.5. The second-order valence-electron chi connectivity index (χ2n) is 1.31. The molecule has 0 saturated carbocycles. The Morgan fingerprint density at radius 2 is 2.25 bits per heavy atom. The van der Waals surface area contributed by atoms with E-state index in [1.807, 2.05) is 18.2 Å². The Balaban J connectivity index is 3.13. The van der Waals surface area contributed by atoms with Crippen molar-refractivity contribution in [3.05, 3.63) is 24.0 Å². The van der Waals surface area contributed by atoms with Gasteiger partial charge in [-0.25, -0.2) is 0 Å². The summed E-state index contributed by atoms with van der Waals surface area (Å²) in [5.74, 6) is 2.12. The standard InChI is InChI=1S/C6H12NP/c1-8-6-4-2-3-5-7/h2-4,6,8H,5,7H2,1H3/b3-2-,6-4-. The van der Waals surface area contributed by atoms with Crippen LogP contribution in [-0.4, -0.2) is 13.2 Å². The number of nitrogens with two attached hydrogens (primary N) is 1. The summed E-state index contributed by atoms with van der Waals surface area (Å²) >= 11 is 0. The maximum Gasteiger partial charge on any atom is 0.0109 e. The van der Waals surface area contributed by atoms with Gasteiger partial charge >= 0.3 is 0 Å². The maximum absolute atomic E-state index is 5.19. The normalized spacial score (nSPS) is 13.2. The van der Waals surface area contributed by atoms with Crippen molar-refractivity contribution in [3.8, 4) is 0 Å². The highest BCUT2D eigenvalue weighted by atomic mass is 31.1. The maximum atomic E-state index is 5.19. The van der Waals surface area contributed by atoms with Crippen molar-refractivity contribution >= 4 is 8.58 Å². The van der Waals surface area contributed by atoms with Gasteiger partial charge in [-0.05, 0) is 6.66 Å². The van der Waals surface area contributed by atoms with Crippen molar-refractivity contribution in [3.63, 3.8) is 0 Å². The molecule has 0 aliphatic carbocycles. The van der Waals surface area contributed by atoms with Crippen LogP contribution in [0, 0.1) is 0 Å². The fraction of sp³-hybridized carbons (Fsp3) is 0.333. The van der Waals surface area contributed by atoms with Crippen molar-refractivity contribution in [2.45, 2.75) is 0 Å². The molecule has 0 spiro atoms. The van der Waals surface area contributed by atoms with Gasteiger partial charge in [0.1, 0.15) is 0 Å². The molecular weight excluding hydrogens is 117 g/mol. The Kier molecular flexibility index (Phi) is 6.76. The Bertz CT molecular complexity index is 74.5. The van der Waals surface area contributed by atoms with Crippen molar-refractivity contribution in [1.29, 1.82) is 0 Å². The van der Waals surface area contributed by atoms with E-state index in [1.165, 1.54) is 0 Å². The summed E-state index contributed by atoms with van der Waals surface area (Å²) in [5, 5.41) is 0. The first kappa shape index (κ1) is 7.87. The van der Waals surface area contributed by atoms with Gasteiger partial charge in [0.05, 0.1) is 0 Å². The molecule has 0 aliphatic heterocycles. The molecule has 0 rings (SSSR count). The average Bonchev–Trinajstić information content (AvgIpc) is 1.81. The van der Waals surface area contributed by atoms with Crippen LogP contribution in [-0.2, 0) is 0 Å². The molecule has 0 saturated heterocycles. The zero-order valence-electron chi connectivity index (χ0n) is 5.09. The van der Waals surface area contributed by atoms with Gasteiger partial charge in [0.2, 0.25) is 0 Å². The molecule has 0 amide bonds. The fourth-order valence-corrected chi connectivity index (χ4v) is 0.612. The van der Waals surface area contributed by atoms with E-state index in [2.05, 4.69) is 12.5 Å². The van der Waals surface area contributed by atoms with Crippen molar-refractivity contribution < 1.29 is 0 Å². The van der Waals surface area contributed by atoms with Crippen LogP contribution in [0.25, 0.3) is 0 Å². The molecule has 46 valence electrons. The molecule has 0 aromatic carbocycles. The lowest BCUT2D eigenvalue weighted by Gasteiger charge is -1.75. The summed E-state index contributed by atoms with van der Waals surface area (Å²) in [6.45, 7) is 2.77. The number of hydrogen-bond acceptors (Lipinski definition) is 1. The molecule has 1 atom stereocenters. The minimum atomic E-state index is 0.636. The zero-order valence-corrected chi connectivity index (χ0v) is 6.09. The monoisotopic (exact) mass is 129 g/mol. The van der Waals surface area contributed by atoms with E-state index >= 15 is 0 Å². The molecule has 0 aliphatic rings. The Labute approximate surface area is 52.4 Å². The first-order valence-electron chi connectivity index (χ1n) is 2.61. The van der Waals surface area contributed by atoms with Crippen LogP contribution in [0.5, 0.6) is 0 Å². The molecule has 8 heavy (non-hydrogen) atoms. The van der Waals surface area contributed by atoms with Gasteiger partial charge in [-0.15, -0.1) is 8.58 Å². The summed E-state index contributed by atoms with van der Waals surface area (Å²) in [7, 11) is 0.896. The third-order valence-electron chi connectivity index (χ3n) is 0.646. The van der Waals surface area contributed by atoms with Gasteiger partial charge < -0.3 is 5.73 Å². The second kappa shape index (κ2) is 6.87. The fourth-order valence-electron chi connectivity index (χ4n) is 0.309.